The molecule has 4 nitrogen and oxygen atoms in total. The van der Waals surface area contributed by atoms with E-state index in [9.17, 15) is 5.26 Å². The molecule has 3 rings (SSSR count). The lowest BCUT2D eigenvalue weighted by Gasteiger charge is -2.36. The summed E-state index contributed by atoms with van der Waals surface area (Å²) in [6.45, 7) is 2.78. The highest BCUT2D eigenvalue weighted by Gasteiger charge is 2.37. The Bertz CT molecular complexity index is 610. The Morgan fingerprint density at radius 3 is 2.52 bits per heavy atom. The van der Waals surface area contributed by atoms with Crippen LogP contribution in [-0.4, -0.2) is 28.0 Å². The average Bonchev–Trinajstić information content (AvgIpc) is 2.58. The Balaban J connectivity index is 1.68. The fraction of sp³-hybridized carbons (Fsp3) is 0.353. The normalized spacial score (nSPS) is 18.0. The Hall–Kier alpha value is -2.25. The Morgan fingerprint density at radius 2 is 1.90 bits per heavy atom. The van der Waals surface area contributed by atoms with Crippen molar-refractivity contribution in [2.24, 2.45) is 0 Å². The third-order valence-corrected chi connectivity index (χ3v) is 4.23. The molecule has 0 radical (unpaired) electrons. The molecule has 1 aliphatic heterocycles. The third-order valence-electron chi connectivity index (χ3n) is 4.23. The molecule has 2 aromatic rings. The van der Waals surface area contributed by atoms with Crippen LogP contribution >= 0.6 is 0 Å². The zero-order valence-electron chi connectivity index (χ0n) is 11.9. The summed E-state index contributed by atoms with van der Waals surface area (Å²) < 4.78 is 0. The maximum atomic E-state index is 9.63. The van der Waals surface area contributed by atoms with Crippen LogP contribution in [0.3, 0.4) is 0 Å². The van der Waals surface area contributed by atoms with E-state index in [0.29, 0.717) is 0 Å². The van der Waals surface area contributed by atoms with Crippen LogP contribution in [0.25, 0.3) is 0 Å². The van der Waals surface area contributed by atoms with E-state index in [1.807, 2.05) is 6.07 Å². The highest BCUT2D eigenvalue weighted by atomic mass is 15.1. The number of piperidine rings is 1. The fourth-order valence-electron chi connectivity index (χ4n) is 2.91. The van der Waals surface area contributed by atoms with E-state index >= 15 is 0 Å². The van der Waals surface area contributed by atoms with E-state index in [2.05, 4.69) is 45.2 Å². The molecule has 2 heterocycles. The van der Waals surface area contributed by atoms with Gasteiger partial charge in [0.25, 0.3) is 0 Å². The van der Waals surface area contributed by atoms with Crippen molar-refractivity contribution >= 4 is 0 Å². The monoisotopic (exact) mass is 278 g/mol. The Labute approximate surface area is 125 Å². The first-order chi connectivity index (χ1) is 10.3. The molecule has 0 saturated carbocycles. The van der Waals surface area contributed by atoms with Gasteiger partial charge in [0.15, 0.2) is 0 Å². The highest BCUT2D eigenvalue weighted by molar-refractivity contribution is 5.25. The first-order valence-electron chi connectivity index (χ1n) is 7.26. The lowest BCUT2D eigenvalue weighted by Crippen LogP contribution is -2.42. The molecule has 1 aromatic heterocycles. The van der Waals surface area contributed by atoms with Crippen LogP contribution in [0.2, 0.25) is 0 Å². The van der Waals surface area contributed by atoms with Gasteiger partial charge in [-0.25, -0.2) is 0 Å². The minimum Gasteiger partial charge on any atom is -0.299 e. The summed E-state index contributed by atoms with van der Waals surface area (Å²) in [5.41, 5.74) is 1.66. The zero-order chi connectivity index (χ0) is 14.5. The molecule has 0 spiro atoms. The Kier molecular flexibility index (Phi) is 3.94. The van der Waals surface area contributed by atoms with Crippen molar-refractivity contribution in [2.75, 3.05) is 13.1 Å². The lowest BCUT2D eigenvalue weighted by atomic mass is 9.77. The molecule has 106 valence electrons. The summed E-state index contributed by atoms with van der Waals surface area (Å²) >= 11 is 0. The smallest absolute Gasteiger partial charge is 0.103 e. The molecular formula is C17H18N4. The van der Waals surface area contributed by atoms with Crippen LogP contribution in [-0.2, 0) is 12.0 Å². The first kappa shape index (κ1) is 13.7. The van der Waals surface area contributed by atoms with Crippen molar-refractivity contribution < 1.29 is 0 Å². The van der Waals surface area contributed by atoms with Gasteiger partial charge in [-0.15, -0.1) is 0 Å². The molecule has 0 aliphatic carbocycles. The van der Waals surface area contributed by atoms with Gasteiger partial charge in [0.2, 0.25) is 0 Å². The summed E-state index contributed by atoms with van der Waals surface area (Å²) in [6, 6.07) is 13.0. The van der Waals surface area contributed by atoms with Crippen LogP contribution in [0.5, 0.6) is 0 Å². The predicted molar refractivity (Wildman–Crippen MR) is 80.3 cm³/mol. The van der Waals surface area contributed by atoms with Gasteiger partial charge in [0, 0.05) is 32.0 Å². The third kappa shape index (κ3) is 2.93. The van der Waals surface area contributed by atoms with Gasteiger partial charge in [-0.05, 0) is 18.4 Å². The average molecular weight is 278 g/mol. The second-order valence-electron chi connectivity index (χ2n) is 5.55. The molecular weight excluding hydrogens is 260 g/mol. The molecule has 4 heteroatoms. The predicted octanol–water partition coefficient (Wildman–Crippen LogP) is 2.53. The van der Waals surface area contributed by atoms with Gasteiger partial charge in [0.1, 0.15) is 5.41 Å². The van der Waals surface area contributed by atoms with Gasteiger partial charge in [-0.1, -0.05) is 30.3 Å². The standard InChI is InChI=1S/C17H18N4/c18-14-17(16-12-19-8-9-20-16)6-10-21(11-7-17)13-15-4-2-1-3-5-15/h1-5,8-9,12H,6-7,10-11,13H2. The fourth-order valence-corrected chi connectivity index (χ4v) is 2.91. The van der Waals surface area contributed by atoms with E-state index < -0.39 is 5.41 Å². The topological polar surface area (TPSA) is 52.8 Å². The molecule has 1 aromatic carbocycles. The number of hydrogen-bond donors (Lipinski definition) is 0. The summed E-state index contributed by atoms with van der Waals surface area (Å²) in [6.07, 6.45) is 6.68. The highest BCUT2D eigenvalue weighted by Crippen LogP contribution is 2.33. The van der Waals surface area contributed by atoms with Crippen LogP contribution in [0.15, 0.2) is 48.9 Å². The quantitative estimate of drug-likeness (QED) is 0.865. The molecule has 1 aliphatic rings. The van der Waals surface area contributed by atoms with Gasteiger partial charge < -0.3 is 0 Å². The van der Waals surface area contributed by atoms with Gasteiger partial charge in [-0.3, -0.25) is 14.9 Å². The van der Waals surface area contributed by atoms with E-state index in [-0.39, 0.29) is 0 Å². The maximum Gasteiger partial charge on any atom is 0.103 e. The molecule has 0 bridgehead atoms. The molecule has 21 heavy (non-hydrogen) atoms. The van der Waals surface area contributed by atoms with Gasteiger partial charge in [0.05, 0.1) is 18.0 Å². The Morgan fingerprint density at radius 1 is 1.14 bits per heavy atom. The minimum absolute atomic E-state index is 0.471. The lowest BCUT2D eigenvalue weighted by molar-refractivity contribution is 0.177. The number of aromatic nitrogens is 2. The van der Waals surface area contributed by atoms with E-state index in [1.165, 1.54) is 5.56 Å². The van der Waals surface area contributed by atoms with E-state index in [1.54, 1.807) is 18.6 Å². The van der Waals surface area contributed by atoms with Crippen LogP contribution in [0.1, 0.15) is 24.1 Å². The first-order valence-corrected chi connectivity index (χ1v) is 7.26. The second-order valence-corrected chi connectivity index (χ2v) is 5.55. The van der Waals surface area contributed by atoms with Crippen molar-refractivity contribution in [3.63, 3.8) is 0 Å². The summed E-state index contributed by atoms with van der Waals surface area (Å²) in [5.74, 6) is 0. The maximum absolute atomic E-state index is 9.63. The van der Waals surface area contributed by atoms with Gasteiger partial charge in [-0.2, -0.15) is 5.26 Å². The summed E-state index contributed by atoms with van der Waals surface area (Å²) in [7, 11) is 0. The van der Waals surface area contributed by atoms with Crippen molar-refractivity contribution in [2.45, 2.75) is 24.8 Å². The summed E-state index contributed by atoms with van der Waals surface area (Å²) in [5, 5.41) is 9.63. The van der Waals surface area contributed by atoms with Crippen molar-refractivity contribution in [3.8, 4) is 6.07 Å². The van der Waals surface area contributed by atoms with Gasteiger partial charge >= 0.3 is 0 Å². The number of hydrogen-bond acceptors (Lipinski definition) is 4. The van der Waals surface area contributed by atoms with Crippen molar-refractivity contribution in [1.29, 1.82) is 5.26 Å². The number of nitriles is 1. The molecule has 1 saturated heterocycles. The molecule has 0 amide bonds. The van der Waals surface area contributed by atoms with E-state index in [0.717, 1.165) is 38.2 Å². The number of rotatable bonds is 3. The van der Waals surface area contributed by atoms with Crippen LogP contribution in [0.4, 0.5) is 0 Å². The number of benzene rings is 1. The SMILES string of the molecule is N#CC1(c2cnccn2)CCN(Cc2ccccc2)CC1. The minimum atomic E-state index is -0.471. The molecule has 0 atom stereocenters. The number of nitrogens with zero attached hydrogens (tertiary/aromatic N) is 4. The molecule has 0 unspecified atom stereocenters. The molecule has 0 N–H and O–H groups in total. The van der Waals surface area contributed by atoms with Crippen molar-refractivity contribution in [3.05, 3.63) is 60.2 Å². The van der Waals surface area contributed by atoms with Crippen LogP contribution < -0.4 is 0 Å². The number of likely N-dealkylation sites (tertiary alicyclic amines) is 1. The summed E-state index contributed by atoms with van der Waals surface area (Å²) in [4.78, 5) is 10.9. The second kappa shape index (κ2) is 6.02. The van der Waals surface area contributed by atoms with Crippen LogP contribution in [0, 0.1) is 11.3 Å². The van der Waals surface area contributed by atoms with E-state index in [4.69, 9.17) is 0 Å². The largest absolute Gasteiger partial charge is 0.299 e. The van der Waals surface area contributed by atoms with Crippen molar-refractivity contribution in [1.82, 2.24) is 14.9 Å². The molecule has 1 fully saturated rings. The zero-order valence-corrected chi connectivity index (χ0v) is 11.9.